The van der Waals surface area contributed by atoms with E-state index in [1.807, 2.05) is 24.3 Å². The lowest BCUT2D eigenvalue weighted by atomic mass is 9.86. The van der Waals surface area contributed by atoms with Crippen molar-refractivity contribution in [2.45, 2.75) is 33.6 Å². The van der Waals surface area contributed by atoms with Crippen molar-refractivity contribution in [1.82, 2.24) is 0 Å². The Kier molecular flexibility index (Phi) is 4.62. The van der Waals surface area contributed by atoms with Gasteiger partial charge in [-0.3, -0.25) is 4.79 Å². The Balaban J connectivity index is 1.84. The summed E-state index contributed by atoms with van der Waals surface area (Å²) in [5.41, 5.74) is 3.05. The molecule has 25 heavy (non-hydrogen) atoms. The molecular weight excluding hydrogens is 314 g/mol. The van der Waals surface area contributed by atoms with Crippen LogP contribution in [0.25, 0.3) is 0 Å². The number of ketones is 1. The monoisotopic (exact) mass is 337 g/mol. The van der Waals surface area contributed by atoms with E-state index >= 15 is 0 Å². The van der Waals surface area contributed by atoms with E-state index in [1.165, 1.54) is 5.06 Å². The summed E-state index contributed by atoms with van der Waals surface area (Å²) in [5, 5.41) is 1.53. The Morgan fingerprint density at radius 2 is 1.84 bits per heavy atom. The third-order valence-corrected chi connectivity index (χ3v) is 4.11. The SMILES string of the molecule is CC(C)(C)Cc1ccc2c(c1)C(=O)CCN2OC(=O)c1ccccc1. The van der Waals surface area contributed by atoms with E-state index < -0.39 is 5.97 Å². The van der Waals surface area contributed by atoms with E-state index in [4.69, 9.17) is 4.84 Å². The van der Waals surface area contributed by atoms with E-state index in [1.54, 1.807) is 24.3 Å². The molecule has 0 bridgehead atoms. The first kappa shape index (κ1) is 17.2. The third-order valence-electron chi connectivity index (χ3n) is 4.11. The summed E-state index contributed by atoms with van der Waals surface area (Å²) in [7, 11) is 0. The molecule has 0 fully saturated rings. The van der Waals surface area contributed by atoms with Crippen molar-refractivity contribution < 1.29 is 14.4 Å². The fourth-order valence-electron chi connectivity index (χ4n) is 3.03. The van der Waals surface area contributed by atoms with Crippen LogP contribution in [0.4, 0.5) is 5.69 Å². The molecule has 0 unspecified atom stereocenters. The van der Waals surface area contributed by atoms with E-state index in [0.717, 1.165) is 12.0 Å². The molecule has 2 aromatic rings. The molecule has 1 aliphatic heterocycles. The predicted molar refractivity (Wildman–Crippen MR) is 97.8 cm³/mol. The second-order valence-electron chi connectivity index (χ2n) is 7.61. The number of carbonyl (C=O) groups excluding carboxylic acids is 2. The maximum Gasteiger partial charge on any atom is 0.363 e. The van der Waals surface area contributed by atoms with Crippen LogP contribution in [0.3, 0.4) is 0 Å². The highest BCUT2D eigenvalue weighted by atomic mass is 16.7. The highest BCUT2D eigenvalue weighted by Crippen LogP contribution is 2.31. The minimum absolute atomic E-state index is 0.0952. The van der Waals surface area contributed by atoms with Crippen molar-refractivity contribution in [2.75, 3.05) is 11.6 Å². The lowest BCUT2D eigenvalue weighted by molar-refractivity contribution is 0.0437. The number of fused-ring (bicyclic) bond motifs is 1. The van der Waals surface area contributed by atoms with Gasteiger partial charge < -0.3 is 4.84 Å². The molecule has 0 saturated carbocycles. The van der Waals surface area contributed by atoms with Gasteiger partial charge in [-0.2, -0.15) is 0 Å². The Morgan fingerprint density at radius 1 is 1.12 bits per heavy atom. The third kappa shape index (κ3) is 4.08. The highest BCUT2D eigenvalue weighted by molar-refractivity contribution is 6.03. The van der Waals surface area contributed by atoms with Crippen molar-refractivity contribution in [3.8, 4) is 0 Å². The molecule has 0 radical (unpaired) electrons. The molecule has 4 heteroatoms. The second-order valence-corrected chi connectivity index (χ2v) is 7.61. The number of rotatable bonds is 3. The molecule has 2 aromatic carbocycles. The number of carbonyl (C=O) groups is 2. The fraction of sp³-hybridized carbons (Fsp3) is 0.333. The number of hydroxylamine groups is 1. The van der Waals surface area contributed by atoms with Crippen molar-refractivity contribution in [3.63, 3.8) is 0 Å². The first-order chi connectivity index (χ1) is 11.8. The molecule has 0 aliphatic carbocycles. The average molecular weight is 337 g/mol. The minimum Gasteiger partial charge on any atom is -0.335 e. The summed E-state index contributed by atoms with van der Waals surface area (Å²) in [5.74, 6) is -0.322. The van der Waals surface area contributed by atoms with Crippen LogP contribution in [0.15, 0.2) is 48.5 Å². The summed E-state index contributed by atoms with van der Waals surface area (Å²) in [6.07, 6.45) is 1.23. The lowest BCUT2D eigenvalue weighted by Crippen LogP contribution is -2.34. The molecule has 130 valence electrons. The van der Waals surface area contributed by atoms with Crippen molar-refractivity contribution in [1.29, 1.82) is 0 Å². The summed E-state index contributed by atoms with van der Waals surface area (Å²) < 4.78 is 0. The van der Waals surface area contributed by atoms with Crippen LogP contribution in [0.2, 0.25) is 0 Å². The number of nitrogens with zero attached hydrogens (tertiary/aromatic N) is 1. The quantitative estimate of drug-likeness (QED) is 0.831. The lowest BCUT2D eigenvalue weighted by Gasteiger charge is -2.29. The van der Waals surface area contributed by atoms with Gasteiger partial charge in [0.05, 0.1) is 17.8 Å². The van der Waals surface area contributed by atoms with E-state index in [-0.39, 0.29) is 11.2 Å². The van der Waals surface area contributed by atoms with Crippen LogP contribution in [0.1, 0.15) is 53.5 Å². The van der Waals surface area contributed by atoms with E-state index in [9.17, 15) is 9.59 Å². The first-order valence-corrected chi connectivity index (χ1v) is 8.54. The van der Waals surface area contributed by atoms with Crippen molar-refractivity contribution in [3.05, 3.63) is 65.2 Å². The van der Waals surface area contributed by atoms with Crippen LogP contribution in [0, 0.1) is 5.41 Å². The molecule has 0 N–H and O–H groups in total. The van der Waals surface area contributed by atoms with Gasteiger partial charge in [-0.1, -0.05) is 45.0 Å². The van der Waals surface area contributed by atoms with Crippen LogP contribution < -0.4 is 5.06 Å². The highest BCUT2D eigenvalue weighted by Gasteiger charge is 2.27. The van der Waals surface area contributed by atoms with E-state index in [0.29, 0.717) is 29.8 Å². The van der Waals surface area contributed by atoms with Gasteiger partial charge in [0.1, 0.15) is 0 Å². The zero-order valence-electron chi connectivity index (χ0n) is 14.9. The van der Waals surface area contributed by atoms with Gasteiger partial charge in [0.2, 0.25) is 0 Å². The standard InChI is InChI=1S/C21H23NO3/c1-21(2,3)14-15-9-10-18-17(13-15)19(23)11-12-22(18)25-20(24)16-7-5-4-6-8-16/h4-10,13H,11-12,14H2,1-3H3. The summed E-state index contributed by atoms with van der Waals surface area (Å²) in [6.45, 7) is 6.88. The van der Waals surface area contributed by atoms with Crippen LogP contribution in [0.5, 0.6) is 0 Å². The number of anilines is 1. The Labute approximate surface area is 148 Å². The summed E-state index contributed by atoms with van der Waals surface area (Å²) in [4.78, 5) is 30.2. The molecule has 0 spiro atoms. The molecule has 3 rings (SSSR count). The van der Waals surface area contributed by atoms with Crippen molar-refractivity contribution in [2.24, 2.45) is 5.41 Å². The van der Waals surface area contributed by atoms with Gasteiger partial charge in [0.15, 0.2) is 5.78 Å². The van der Waals surface area contributed by atoms with Gasteiger partial charge in [-0.25, -0.2) is 9.86 Å². The smallest absolute Gasteiger partial charge is 0.335 e. The second kappa shape index (κ2) is 6.71. The Bertz CT molecular complexity index is 791. The Morgan fingerprint density at radius 3 is 2.52 bits per heavy atom. The zero-order valence-corrected chi connectivity index (χ0v) is 14.9. The van der Waals surface area contributed by atoms with Crippen LogP contribution in [-0.4, -0.2) is 18.3 Å². The maximum absolute atomic E-state index is 12.3. The number of hydrogen-bond acceptors (Lipinski definition) is 4. The molecule has 1 heterocycles. The van der Waals surface area contributed by atoms with Crippen molar-refractivity contribution >= 4 is 17.4 Å². The zero-order chi connectivity index (χ0) is 18.0. The van der Waals surface area contributed by atoms with Crippen LogP contribution in [-0.2, 0) is 11.3 Å². The summed E-state index contributed by atoms with van der Waals surface area (Å²) >= 11 is 0. The number of benzene rings is 2. The van der Waals surface area contributed by atoms with E-state index in [2.05, 4.69) is 20.8 Å². The van der Waals surface area contributed by atoms with Crippen LogP contribution >= 0.6 is 0 Å². The number of hydrogen-bond donors (Lipinski definition) is 0. The Hall–Kier alpha value is -2.62. The maximum atomic E-state index is 12.3. The molecule has 4 nitrogen and oxygen atoms in total. The van der Waals surface area contributed by atoms with Gasteiger partial charge in [-0.15, -0.1) is 0 Å². The van der Waals surface area contributed by atoms with Gasteiger partial charge in [0, 0.05) is 12.0 Å². The summed E-state index contributed by atoms with van der Waals surface area (Å²) in [6, 6.07) is 14.7. The normalized spacial score (nSPS) is 14.2. The number of Topliss-reactive ketones (excluding diaryl/α,β-unsaturated/α-hetero) is 1. The molecular formula is C21H23NO3. The first-order valence-electron chi connectivity index (χ1n) is 8.54. The fourth-order valence-corrected chi connectivity index (χ4v) is 3.03. The largest absolute Gasteiger partial charge is 0.363 e. The molecule has 0 aromatic heterocycles. The minimum atomic E-state index is -0.417. The topological polar surface area (TPSA) is 46.6 Å². The van der Waals surface area contributed by atoms with Gasteiger partial charge in [0.25, 0.3) is 0 Å². The van der Waals surface area contributed by atoms with Gasteiger partial charge in [-0.05, 0) is 41.7 Å². The predicted octanol–water partition coefficient (Wildman–Crippen LogP) is 4.44. The van der Waals surface area contributed by atoms with Gasteiger partial charge >= 0.3 is 5.97 Å². The average Bonchev–Trinajstić information content (AvgIpc) is 2.57. The molecule has 0 saturated heterocycles. The molecule has 1 aliphatic rings. The molecule has 0 atom stereocenters. The molecule has 0 amide bonds.